The van der Waals surface area contributed by atoms with E-state index in [0.717, 1.165) is 5.56 Å². The molecular formula is C15H23O3P. The summed E-state index contributed by atoms with van der Waals surface area (Å²) < 4.78 is 23.7. The van der Waals surface area contributed by atoms with Crippen LogP contribution in [0.25, 0.3) is 0 Å². The Bertz CT molecular complexity index is 418. The maximum absolute atomic E-state index is 12.8. The minimum absolute atomic E-state index is 0.236. The van der Waals surface area contributed by atoms with Gasteiger partial charge in [0.2, 0.25) is 0 Å². The Morgan fingerprint density at radius 2 is 1.74 bits per heavy atom. The molecule has 4 heteroatoms. The van der Waals surface area contributed by atoms with Crippen molar-refractivity contribution in [3.63, 3.8) is 0 Å². The van der Waals surface area contributed by atoms with Crippen LogP contribution in [0.2, 0.25) is 0 Å². The quantitative estimate of drug-likeness (QED) is 0.522. The molecule has 0 aliphatic heterocycles. The van der Waals surface area contributed by atoms with Gasteiger partial charge >= 0.3 is 7.60 Å². The van der Waals surface area contributed by atoms with Gasteiger partial charge < -0.3 is 9.05 Å². The standard InChI is InChI=1S/C15H23O3P/c1-4-10-15(13-14-11-8-7-9-12-14)19(16,17-5-2)18-6-3/h4,7-12,15H,5-6,13H2,1-3H3. The molecule has 0 fully saturated rings. The fraction of sp³-hybridized carbons (Fsp3) is 0.467. The van der Waals surface area contributed by atoms with E-state index in [9.17, 15) is 4.57 Å². The van der Waals surface area contributed by atoms with Crippen LogP contribution in [-0.2, 0) is 20.0 Å². The van der Waals surface area contributed by atoms with Crippen molar-refractivity contribution in [3.8, 4) is 0 Å². The van der Waals surface area contributed by atoms with Gasteiger partial charge in [0.15, 0.2) is 0 Å². The second-order valence-electron chi connectivity index (χ2n) is 4.16. The molecule has 1 rings (SSSR count). The van der Waals surface area contributed by atoms with Crippen LogP contribution in [0.3, 0.4) is 0 Å². The Balaban J connectivity index is 2.94. The topological polar surface area (TPSA) is 35.5 Å². The first kappa shape index (κ1) is 16.2. The van der Waals surface area contributed by atoms with Gasteiger partial charge in [-0.2, -0.15) is 0 Å². The molecule has 19 heavy (non-hydrogen) atoms. The number of benzene rings is 1. The number of hydrogen-bond acceptors (Lipinski definition) is 3. The van der Waals surface area contributed by atoms with E-state index >= 15 is 0 Å². The molecule has 0 saturated carbocycles. The molecule has 0 spiro atoms. The molecule has 1 aromatic rings. The van der Waals surface area contributed by atoms with Crippen LogP contribution < -0.4 is 0 Å². The van der Waals surface area contributed by atoms with Crippen LogP contribution >= 0.6 is 7.60 Å². The molecule has 3 nitrogen and oxygen atoms in total. The third-order valence-corrected chi connectivity index (χ3v) is 5.13. The third kappa shape index (κ3) is 4.94. The molecule has 1 unspecified atom stereocenters. The molecule has 106 valence electrons. The first-order chi connectivity index (χ1) is 9.16. The van der Waals surface area contributed by atoms with Gasteiger partial charge in [0.1, 0.15) is 0 Å². The molecule has 0 aliphatic rings. The Morgan fingerprint density at radius 3 is 2.21 bits per heavy atom. The van der Waals surface area contributed by atoms with Gasteiger partial charge in [-0.05, 0) is 32.8 Å². The molecule has 0 saturated heterocycles. The van der Waals surface area contributed by atoms with Gasteiger partial charge in [-0.25, -0.2) is 0 Å². The zero-order valence-corrected chi connectivity index (χ0v) is 12.8. The van der Waals surface area contributed by atoms with Crippen molar-refractivity contribution in [1.29, 1.82) is 0 Å². The summed E-state index contributed by atoms with van der Waals surface area (Å²) >= 11 is 0. The van der Waals surface area contributed by atoms with Crippen molar-refractivity contribution >= 4 is 7.60 Å². The lowest BCUT2D eigenvalue weighted by Gasteiger charge is -2.24. The minimum atomic E-state index is -3.10. The molecule has 0 N–H and O–H groups in total. The summed E-state index contributed by atoms with van der Waals surface area (Å²) in [4.78, 5) is 0. The van der Waals surface area contributed by atoms with Gasteiger partial charge in [0.25, 0.3) is 0 Å². The van der Waals surface area contributed by atoms with Gasteiger partial charge in [0.05, 0.1) is 18.9 Å². The maximum atomic E-state index is 12.8. The first-order valence-electron chi connectivity index (χ1n) is 6.71. The molecule has 1 atom stereocenters. The minimum Gasteiger partial charge on any atom is -0.308 e. The number of rotatable bonds is 8. The van der Waals surface area contributed by atoms with Gasteiger partial charge in [0, 0.05) is 0 Å². The summed E-state index contributed by atoms with van der Waals surface area (Å²) in [7, 11) is -3.10. The summed E-state index contributed by atoms with van der Waals surface area (Å²) in [5.41, 5.74) is 0.894. The predicted octanol–water partition coefficient (Wildman–Crippen LogP) is 4.44. The summed E-state index contributed by atoms with van der Waals surface area (Å²) in [6.45, 7) is 6.36. The van der Waals surface area contributed by atoms with Crippen molar-refractivity contribution in [2.24, 2.45) is 0 Å². The lowest BCUT2D eigenvalue weighted by Crippen LogP contribution is -2.14. The van der Waals surface area contributed by atoms with E-state index in [1.165, 1.54) is 0 Å². The van der Waals surface area contributed by atoms with Crippen molar-refractivity contribution in [2.45, 2.75) is 32.9 Å². The van der Waals surface area contributed by atoms with Crippen molar-refractivity contribution in [2.75, 3.05) is 13.2 Å². The Kier molecular flexibility index (Phi) is 7.07. The van der Waals surface area contributed by atoms with E-state index in [4.69, 9.17) is 9.05 Å². The van der Waals surface area contributed by atoms with Crippen molar-refractivity contribution in [3.05, 3.63) is 48.0 Å². The van der Waals surface area contributed by atoms with Crippen LogP contribution in [0.1, 0.15) is 26.3 Å². The largest absolute Gasteiger partial charge is 0.337 e. The van der Waals surface area contributed by atoms with Crippen molar-refractivity contribution < 1.29 is 13.6 Å². The van der Waals surface area contributed by atoms with Gasteiger partial charge in [-0.3, -0.25) is 4.57 Å². The Labute approximate surface area is 116 Å². The first-order valence-corrected chi connectivity index (χ1v) is 8.33. The molecule has 1 aromatic carbocycles. The summed E-state index contributed by atoms with van der Waals surface area (Å²) in [5.74, 6) is 0. The summed E-state index contributed by atoms with van der Waals surface area (Å²) in [6.07, 6.45) is 4.47. The van der Waals surface area contributed by atoms with Crippen LogP contribution in [0.15, 0.2) is 42.5 Å². The fourth-order valence-corrected chi connectivity index (χ4v) is 3.95. The zero-order chi connectivity index (χ0) is 14.1. The van der Waals surface area contributed by atoms with Gasteiger partial charge in [-0.15, -0.1) is 0 Å². The molecule has 0 radical (unpaired) electrons. The van der Waals surface area contributed by atoms with E-state index in [2.05, 4.69) is 0 Å². The molecule has 0 bridgehead atoms. The molecule has 0 aromatic heterocycles. The Hall–Kier alpha value is -0.890. The lowest BCUT2D eigenvalue weighted by atomic mass is 10.1. The molecule has 0 aliphatic carbocycles. The van der Waals surface area contributed by atoms with E-state index < -0.39 is 7.60 Å². The Morgan fingerprint density at radius 1 is 1.16 bits per heavy atom. The van der Waals surface area contributed by atoms with E-state index in [0.29, 0.717) is 19.6 Å². The fourth-order valence-electron chi connectivity index (χ4n) is 1.95. The SMILES string of the molecule is CC=CC(Cc1ccccc1)P(=O)(OCC)OCC. The van der Waals surface area contributed by atoms with Crippen LogP contribution in [0.5, 0.6) is 0 Å². The second kappa shape index (κ2) is 8.31. The third-order valence-electron chi connectivity index (χ3n) is 2.73. The normalized spacial score (nSPS) is 13.8. The lowest BCUT2D eigenvalue weighted by molar-refractivity contribution is 0.215. The van der Waals surface area contributed by atoms with Crippen LogP contribution in [-0.4, -0.2) is 18.9 Å². The van der Waals surface area contributed by atoms with Crippen LogP contribution in [0.4, 0.5) is 0 Å². The van der Waals surface area contributed by atoms with Gasteiger partial charge in [-0.1, -0.05) is 42.5 Å². The average molecular weight is 282 g/mol. The van der Waals surface area contributed by atoms with E-state index in [1.807, 2.05) is 63.3 Å². The second-order valence-corrected chi connectivity index (χ2v) is 6.42. The highest BCUT2D eigenvalue weighted by atomic mass is 31.2. The average Bonchev–Trinajstić information content (AvgIpc) is 2.40. The summed E-state index contributed by atoms with van der Waals surface area (Å²) in [6, 6.07) is 9.99. The number of hydrogen-bond donors (Lipinski definition) is 0. The maximum Gasteiger partial charge on any atom is 0.337 e. The number of allylic oxidation sites excluding steroid dienone is 2. The molecule has 0 amide bonds. The summed E-state index contributed by atoms with van der Waals surface area (Å²) in [5, 5.41) is 0. The highest BCUT2D eigenvalue weighted by Crippen LogP contribution is 2.54. The molecule has 0 heterocycles. The van der Waals surface area contributed by atoms with E-state index in [1.54, 1.807) is 0 Å². The van der Waals surface area contributed by atoms with Crippen LogP contribution in [0, 0.1) is 0 Å². The monoisotopic (exact) mass is 282 g/mol. The van der Waals surface area contributed by atoms with Crippen molar-refractivity contribution in [1.82, 2.24) is 0 Å². The highest BCUT2D eigenvalue weighted by Gasteiger charge is 2.33. The highest BCUT2D eigenvalue weighted by molar-refractivity contribution is 7.54. The van der Waals surface area contributed by atoms with E-state index in [-0.39, 0.29) is 5.66 Å². The zero-order valence-electron chi connectivity index (χ0n) is 11.9. The predicted molar refractivity (Wildman–Crippen MR) is 79.6 cm³/mol. The molecular weight excluding hydrogens is 259 g/mol. The smallest absolute Gasteiger partial charge is 0.308 e.